The molecule has 0 atom stereocenters. The van der Waals surface area contributed by atoms with Gasteiger partial charge in [0.2, 0.25) is 13.1 Å². The molecule has 0 spiro atoms. The molecule has 4 heteroatoms. The zero-order chi connectivity index (χ0) is 9.52. The highest BCUT2D eigenvalue weighted by Crippen LogP contribution is 2.07. The summed E-state index contributed by atoms with van der Waals surface area (Å²) < 4.78 is 9.34. The van der Waals surface area contributed by atoms with Crippen LogP contribution in [0.2, 0.25) is 0 Å². The van der Waals surface area contributed by atoms with Crippen molar-refractivity contribution in [3.63, 3.8) is 0 Å². The van der Waals surface area contributed by atoms with E-state index >= 15 is 0 Å². The SMILES string of the molecule is O=CC(=O)OCOc1ccccc1. The fourth-order valence-corrected chi connectivity index (χ4v) is 0.706. The first kappa shape index (κ1) is 9.25. The Labute approximate surface area is 75.1 Å². The molecule has 0 aliphatic heterocycles. The monoisotopic (exact) mass is 180 g/mol. The fraction of sp³-hybridized carbons (Fsp3) is 0.111. The highest BCUT2D eigenvalue weighted by Gasteiger charge is 1.98. The van der Waals surface area contributed by atoms with Crippen LogP contribution in [-0.2, 0) is 14.3 Å². The Morgan fingerprint density at radius 1 is 1.31 bits per heavy atom. The maximum Gasteiger partial charge on any atom is 0.374 e. The average Bonchev–Trinajstić information content (AvgIpc) is 2.19. The number of esters is 1. The van der Waals surface area contributed by atoms with Crippen molar-refractivity contribution in [2.24, 2.45) is 0 Å². The molecule has 0 fully saturated rings. The van der Waals surface area contributed by atoms with Gasteiger partial charge < -0.3 is 9.47 Å². The van der Waals surface area contributed by atoms with Gasteiger partial charge >= 0.3 is 5.97 Å². The number of para-hydroxylation sites is 1. The molecule has 13 heavy (non-hydrogen) atoms. The van der Waals surface area contributed by atoms with E-state index in [1.54, 1.807) is 24.3 Å². The summed E-state index contributed by atoms with van der Waals surface area (Å²) in [5.41, 5.74) is 0. The van der Waals surface area contributed by atoms with Gasteiger partial charge in [-0.05, 0) is 12.1 Å². The van der Waals surface area contributed by atoms with E-state index in [1.807, 2.05) is 6.07 Å². The van der Waals surface area contributed by atoms with Crippen LogP contribution in [0.25, 0.3) is 0 Å². The first-order valence-electron chi connectivity index (χ1n) is 3.62. The van der Waals surface area contributed by atoms with Crippen LogP contribution in [-0.4, -0.2) is 19.0 Å². The molecule has 68 valence electrons. The average molecular weight is 180 g/mol. The van der Waals surface area contributed by atoms with Gasteiger partial charge in [0.05, 0.1) is 0 Å². The second kappa shape index (κ2) is 4.92. The third kappa shape index (κ3) is 3.37. The number of hydrogen-bond acceptors (Lipinski definition) is 4. The maximum absolute atomic E-state index is 10.3. The normalized spacial score (nSPS) is 8.92. The van der Waals surface area contributed by atoms with Gasteiger partial charge in [-0.1, -0.05) is 18.2 Å². The first-order valence-corrected chi connectivity index (χ1v) is 3.62. The highest BCUT2D eigenvalue weighted by atomic mass is 16.7. The maximum atomic E-state index is 10.3. The van der Waals surface area contributed by atoms with Gasteiger partial charge in [-0.2, -0.15) is 0 Å². The van der Waals surface area contributed by atoms with Crippen molar-refractivity contribution in [3.8, 4) is 5.75 Å². The smallest absolute Gasteiger partial charge is 0.374 e. The molecule has 0 saturated carbocycles. The number of rotatable bonds is 4. The van der Waals surface area contributed by atoms with Crippen molar-refractivity contribution in [2.75, 3.05) is 6.79 Å². The second-order valence-electron chi connectivity index (χ2n) is 2.16. The van der Waals surface area contributed by atoms with Gasteiger partial charge in [0.25, 0.3) is 0 Å². The van der Waals surface area contributed by atoms with Crippen molar-refractivity contribution in [1.82, 2.24) is 0 Å². The molecule has 4 nitrogen and oxygen atoms in total. The summed E-state index contributed by atoms with van der Waals surface area (Å²) in [7, 11) is 0. The number of hydrogen-bond donors (Lipinski definition) is 0. The van der Waals surface area contributed by atoms with Crippen molar-refractivity contribution in [1.29, 1.82) is 0 Å². The highest BCUT2D eigenvalue weighted by molar-refractivity contribution is 6.20. The summed E-state index contributed by atoms with van der Waals surface area (Å²) in [6.45, 7) is -0.248. The summed E-state index contributed by atoms with van der Waals surface area (Å²) in [4.78, 5) is 20.1. The standard InChI is InChI=1S/C9H8O4/c10-6-9(11)13-7-12-8-4-2-1-3-5-8/h1-6H,7H2. The lowest BCUT2D eigenvalue weighted by molar-refractivity contribution is -0.153. The van der Waals surface area contributed by atoms with Gasteiger partial charge in [-0.3, -0.25) is 4.79 Å². The lowest BCUT2D eigenvalue weighted by Crippen LogP contribution is -2.10. The molecular formula is C9H8O4. The number of ether oxygens (including phenoxy) is 2. The third-order valence-corrected chi connectivity index (χ3v) is 1.27. The van der Waals surface area contributed by atoms with Crippen LogP contribution in [0, 0.1) is 0 Å². The zero-order valence-electron chi connectivity index (χ0n) is 6.80. The molecule has 0 unspecified atom stereocenters. The molecule has 1 rings (SSSR count). The number of benzene rings is 1. The molecule has 0 bridgehead atoms. The van der Waals surface area contributed by atoms with E-state index in [0.717, 1.165) is 0 Å². The van der Waals surface area contributed by atoms with Gasteiger partial charge in [0.1, 0.15) is 5.75 Å². The topological polar surface area (TPSA) is 52.6 Å². The predicted molar refractivity (Wildman–Crippen MR) is 44.1 cm³/mol. The lowest BCUT2D eigenvalue weighted by Gasteiger charge is -2.03. The van der Waals surface area contributed by atoms with Crippen LogP contribution >= 0.6 is 0 Å². The summed E-state index contributed by atoms with van der Waals surface area (Å²) >= 11 is 0. The van der Waals surface area contributed by atoms with Crippen molar-refractivity contribution >= 4 is 12.3 Å². The molecule has 0 amide bonds. The Balaban J connectivity index is 2.28. The van der Waals surface area contributed by atoms with Crippen molar-refractivity contribution < 1.29 is 19.1 Å². The Morgan fingerprint density at radius 2 is 2.00 bits per heavy atom. The van der Waals surface area contributed by atoms with Crippen molar-refractivity contribution in [2.45, 2.75) is 0 Å². The van der Waals surface area contributed by atoms with Crippen LogP contribution < -0.4 is 4.74 Å². The van der Waals surface area contributed by atoms with E-state index in [1.165, 1.54) is 0 Å². The van der Waals surface area contributed by atoms with Crippen LogP contribution in [0.4, 0.5) is 0 Å². The number of carbonyl (C=O) groups excluding carboxylic acids is 2. The van der Waals surface area contributed by atoms with E-state index < -0.39 is 5.97 Å². The Kier molecular flexibility index (Phi) is 3.50. The lowest BCUT2D eigenvalue weighted by atomic mass is 10.3. The molecule has 0 radical (unpaired) electrons. The van der Waals surface area contributed by atoms with E-state index in [4.69, 9.17) is 4.74 Å². The number of aldehydes is 1. The molecule has 0 saturated heterocycles. The second-order valence-corrected chi connectivity index (χ2v) is 2.16. The minimum absolute atomic E-state index is 0.0916. The van der Waals surface area contributed by atoms with Gasteiger partial charge in [-0.25, -0.2) is 4.79 Å². The van der Waals surface area contributed by atoms with Crippen LogP contribution in [0.3, 0.4) is 0 Å². The number of carbonyl (C=O) groups is 2. The Morgan fingerprint density at radius 3 is 2.62 bits per heavy atom. The molecule has 0 aromatic heterocycles. The fourth-order valence-electron chi connectivity index (χ4n) is 0.706. The summed E-state index contributed by atoms with van der Waals surface area (Å²) in [5.74, 6) is -0.350. The van der Waals surface area contributed by atoms with E-state index in [9.17, 15) is 9.59 Å². The molecule has 1 aromatic carbocycles. The summed E-state index contributed by atoms with van der Waals surface area (Å²) in [5, 5.41) is 0. The Bertz CT molecular complexity index is 281. The quantitative estimate of drug-likeness (QED) is 0.297. The van der Waals surface area contributed by atoms with Crippen LogP contribution in [0.5, 0.6) is 5.75 Å². The molecule has 0 N–H and O–H groups in total. The molecule has 0 aliphatic carbocycles. The van der Waals surface area contributed by atoms with Gasteiger partial charge in [0.15, 0.2) is 0 Å². The third-order valence-electron chi connectivity index (χ3n) is 1.27. The summed E-state index contributed by atoms with van der Waals surface area (Å²) in [6.07, 6.45) is 0.0916. The van der Waals surface area contributed by atoms with Crippen LogP contribution in [0.15, 0.2) is 30.3 Å². The summed E-state index contributed by atoms with van der Waals surface area (Å²) in [6, 6.07) is 8.85. The van der Waals surface area contributed by atoms with E-state index in [-0.39, 0.29) is 13.1 Å². The minimum Gasteiger partial charge on any atom is -0.457 e. The van der Waals surface area contributed by atoms with E-state index in [2.05, 4.69) is 4.74 Å². The zero-order valence-corrected chi connectivity index (χ0v) is 6.80. The van der Waals surface area contributed by atoms with Crippen LogP contribution in [0.1, 0.15) is 0 Å². The predicted octanol–water partition coefficient (Wildman–Crippen LogP) is 0.765. The minimum atomic E-state index is -0.934. The molecule has 0 heterocycles. The van der Waals surface area contributed by atoms with E-state index in [0.29, 0.717) is 5.75 Å². The van der Waals surface area contributed by atoms with Crippen molar-refractivity contribution in [3.05, 3.63) is 30.3 Å². The van der Waals surface area contributed by atoms with Gasteiger partial charge in [0, 0.05) is 0 Å². The molecule has 1 aromatic rings. The molecular weight excluding hydrogens is 172 g/mol. The Hall–Kier alpha value is -1.84. The first-order chi connectivity index (χ1) is 6.33. The largest absolute Gasteiger partial charge is 0.457 e. The van der Waals surface area contributed by atoms with Gasteiger partial charge in [-0.15, -0.1) is 0 Å². The molecule has 0 aliphatic rings.